The molecule has 2 aromatic rings. The van der Waals surface area contributed by atoms with Gasteiger partial charge in [0.2, 0.25) is 15.9 Å². The monoisotopic (exact) mass is 388 g/mol. The Kier molecular flexibility index (Phi) is 6.65. The minimum absolute atomic E-state index is 0.260. The van der Waals surface area contributed by atoms with Gasteiger partial charge in [-0.3, -0.25) is 9.10 Å². The van der Waals surface area contributed by atoms with Crippen molar-refractivity contribution in [3.05, 3.63) is 58.7 Å². The lowest BCUT2D eigenvalue weighted by molar-refractivity contribution is -0.114. The Morgan fingerprint density at radius 3 is 2.15 bits per heavy atom. The second-order valence-corrected chi connectivity index (χ2v) is 8.67. The Morgan fingerprint density at radius 2 is 1.63 bits per heavy atom. The maximum Gasteiger partial charge on any atom is 0.245 e. The highest BCUT2D eigenvalue weighted by Crippen LogP contribution is 2.25. The Bertz CT molecular complexity index is 914. The Morgan fingerprint density at radius 1 is 1.04 bits per heavy atom. The van der Waals surface area contributed by atoms with E-state index in [9.17, 15) is 13.2 Å². The van der Waals surface area contributed by atoms with Gasteiger partial charge in [0.1, 0.15) is 6.54 Å². The van der Waals surface area contributed by atoms with Crippen LogP contribution in [0.4, 0.5) is 11.4 Å². The van der Waals surface area contributed by atoms with Gasteiger partial charge in [-0.2, -0.15) is 0 Å². The zero-order valence-electron chi connectivity index (χ0n) is 16.7. The van der Waals surface area contributed by atoms with E-state index in [4.69, 9.17) is 0 Å². The average molecular weight is 389 g/mol. The molecule has 0 saturated heterocycles. The van der Waals surface area contributed by atoms with Crippen LogP contribution in [0.5, 0.6) is 0 Å². The second kappa shape index (κ2) is 8.57. The molecule has 0 aliphatic carbocycles. The number of benzene rings is 2. The number of hydrogen-bond donors (Lipinski definition) is 1. The minimum atomic E-state index is -3.60. The number of amides is 1. The smallest absolute Gasteiger partial charge is 0.245 e. The average Bonchev–Trinajstić information content (AvgIpc) is 2.61. The lowest BCUT2D eigenvalue weighted by Gasteiger charge is -2.24. The third kappa shape index (κ3) is 5.10. The molecule has 0 saturated carbocycles. The molecule has 6 heteroatoms. The van der Waals surface area contributed by atoms with Crippen LogP contribution >= 0.6 is 0 Å². The maximum atomic E-state index is 12.8. The van der Waals surface area contributed by atoms with Crippen molar-refractivity contribution in [3.8, 4) is 0 Å². The number of hydrogen-bond acceptors (Lipinski definition) is 3. The van der Waals surface area contributed by atoms with E-state index in [1.54, 1.807) is 6.07 Å². The van der Waals surface area contributed by atoms with E-state index in [1.807, 2.05) is 58.0 Å². The first kappa shape index (κ1) is 21.0. The van der Waals surface area contributed by atoms with Gasteiger partial charge < -0.3 is 5.32 Å². The minimum Gasteiger partial charge on any atom is -0.324 e. The molecule has 1 N–H and O–H groups in total. The first-order valence-corrected chi connectivity index (χ1v) is 11.0. The Hall–Kier alpha value is -2.34. The summed E-state index contributed by atoms with van der Waals surface area (Å²) in [5, 5.41) is 2.94. The van der Waals surface area contributed by atoms with Crippen molar-refractivity contribution in [2.45, 2.75) is 40.5 Å². The number of aryl methyl sites for hydroxylation is 4. The van der Waals surface area contributed by atoms with Crippen molar-refractivity contribution in [1.82, 2.24) is 0 Å². The molecule has 5 nitrogen and oxygen atoms in total. The highest BCUT2D eigenvalue weighted by molar-refractivity contribution is 7.92. The van der Waals surface area contributed by atoms with E-state index in [2.05, 4.69) is 5.32 Å². The molecule has 146 valence electrons. The SMILES string of the molecule is CCc1cccc(CC)c1NC(=O)CN(c1cc(C)ccc1C)S(C)(=O)=O. The van der Waals surface area contributed by atoms with Crippen molar-refractivity contribution in [2.24, 2.45) is 0 Å². The molecule has 0 bridgehead atoms. The largest absolute Gasteiger partial charge is 0.324 e. The molecular weight excluding hydrogens is 360 g/mol. The number of nitrogens with zero attached hydrogens (tertiary/aromatic N) is 1. The third-order valence-corrected chi connectivity index (χ3v) is 5.71. The van der Waals surface area contributed by atoms with Gasteiger partial charge in [0.25, 0.3) is 0 Å². The number of para-hydroxylation sites is 1. The van der Waals surface area contributed by atoms with Gasteiger partial charge >= 0.3 is 0 Å². The van der Waals surface area contributed by atoms with E-state index in [0.29, 0.717) is 5.69 Å². The van der Waals surface area contributed by atoms with Crippen LogP contribution in [-0.4, -0.2) is 27.1 Å². The van der Waals surface area contributed by atoms with Crippen LogP contribution < -0.4 is 9.62 Å². The highest BCUT2D eigenvalue weighted by atomic mass is 32.2. The molecule has 0 heterocycles. The predicted octanol–water partition coefficient (Wildman–Crippen LogP) is 3.83. The molecule has 0 aromatic heterocycles. The number of sulfonamides is 1. The first-order valence-electron chi connectivity index (χ1n) is 9.13. The number of nitrogens with one attached hydrogen (secondary N) is 1. The summed E-state index contributed by atoms with van der Waals surface area (Å²) in [6, 6.07) is 11.5. The molecule has 2 rings (SSSR count). The number of carbonyl (C=O) groups is 1. The zero-order chi connectivity index (χ0) is 20.2. The summed E-state index contributed by atoms with van der Waals surface area (Å²) in [6.45, 7) is 7.54. The van der Waals surface area contributed by atoms with Gasteiger partial charge in [-0.25, -0.2) is 8.42 Å². The molecule has 0 aliphatic heterocycles. The van der Waals surface area contributed by atoms with Crippen molar-refractivity contribution in [1.29, 1.82) is 0 Å². The van der Waals surface area contributed by atoms with Crippen molar-refractivity contribution in [2.75, 3.05) is 22.4 Å². The lowest BCUT2D eigenvalue weighted by atomic mass is 10.0. The molecule has 1 amide bonds. The van der Waals surface area contributed by atoms with E-state index in [0.717, 1.165) is 47.0 Å². The third-order valence-electron chi connectivity index (χ3n) is 4.58. The fraction of sp³-hybridized carbons (Fsp3) is 0.381. The number of carbonyl (C=O) groups excluding carboxylic acids is 1. The van der Waals surface area contributed by atoms with E-state index in [1.165, 1.54) is 4.31 Å². The van der Waals surface area contributed by atoms with E-state index >= 15 is 0 Å². The highest BCUT2D eigenvalue weighted by Gasteiger charge is 2.23. The van der Waals surface area contributed by atoms with Gasteiger partial charge in [-0.05, 0) is 55.0 Å². The van der Waals surface area contributed by atoms with Gasteiger partial charge in [-0.1, -0.05) is 44.2 Å². The van der Waals surface area contributed by atoms with Crippen LogP contribution in [0, 0.1) is 13.8 Å². The topological polar surface area (TPSA) is 66.5 Å². The summed E-state index contributed by atoms with van der Waals surface area (Å²) in [5.41, 5.74) is 5.16. The van der Waals surface area contributed by atoms with Crippen LogP contribution in [0.3, 0.4) is 0 Å². The summed E-state index contributed by atoms with van der Waals surface area (Å²) < 4.78 is 25.9. The summed E-state index contributed by atoms with van der Waals surface area (Å²) in [5.74, 6) is -0.350. The van der Waals surface area contributed by atoms with Crippen molar-refractivity contribution < 1.29 is 13.2 Å². The standard InChI is InChI=1S/C21H28N2O3S/c1-6-17-9-8-10-18(7-2)21(17)22-20(24)14-23(27(5,25)26)19-13-15(3)11-12-16(19)4/h8-13H,6-7,14H2,1-5H3,(H,22,24). The van der Waals surface area contributed by atoms with Crippen molar-refractivity contribution in [3.63, 3.8) is 0 Å². The second-order valence-electron chi connectivity index (χ2n) is 6.77. The molecule has 0 spiro atoms. The molecule has 0 radical (unpaired) electrons. The summed E-state index contributed by atoms with van der Waals surface area (Å²) in [4.78, 5) is 12.8. The van der Waals surface area contributed by atoms with Gasteiger partial charge in [0.05, 0.1) is 11.9 Å². The maximum absolute atomic E-state index is 12.8. The molecule has 27 heavy (non-hydrogen) atoms. The Balaban J connectivity index is 2.35. The van der Waals surface area contributed by atoms with Gasteiger partial charge in [0, 0.05) is 5.69 Å². The predicted molar refractivity (Wildman–Crippen MR) is 112 cm³/mol. The van der Waals surface area contributed by atoms with Crippen LogP contribution in [0.1, 0.15) is 36.1 Å². The molecule has 0 unspecified atom stereocenters. The fourth-order valence-electron chi connectivity index (χ4n) is 3.08. The normalized spacial score (nSPS) is 11.3. The lowest BCUT2D eigenvalue weighted by Crippen LogP contribution is -2.38. The zero-order valence-corrected chi connectivity index (χ0v) is 17.5. The molecular formula is C21H28N2O3S. The van der Waals surface area contributed by atoms with E-state index < -0.39 is 10.0 Å². The number of rotatable bonds is 7. The quantitative estimate of drug-likeness (QED) is 0.784. The van der Waals surface area contributed by atoms with Crippen LogP contribution in [0.15, 0.2) is 36.4 Å². The number of anilines is 2. The first-order chi connectivity index (χ1) is 12.7. The van der Waals surface area contributed by atoms with Crippen LogP contribution in [0.25, 0.3) is 0 Å². The molecule has 0 fully saturated rings. The summed E-state index contributed by atoms with van der Waals surface area (Å²) in [7, 11) is -3.60. The molecule has 0 atom stereocenters. The van der Waals surface area contributed by atoms with Gasteiger partial charge in [0.15, 0.2) is 0 Å². The summed E-state index contributed by atoms with van der Waals surface area (Å²) >= 11 is 0. The summed E-state index contributed by atoms with van der Waals surface area (Å²) in [6.07, 6.45) is 2.70. The van der Waals surface area contributed by atoms with Crippen LogP contribution in [-0.2, 0) is 27.7 Å². The molecule has 2 aromatic carbocycles. The van der Waals surface area contributed by atoms with Gasteiger partial charge in [-0.15, -0.1) is 0 Å². The molecule has 0 aliphatic rings. The van der Waals surface area contributed by atoms with Crippen LogP contribution in [0.2, 0.25) is 0 Å². The van der Waals surface area contributed by atoms with Crippen molar-refractivity contribution >= 4 is 27.3 Å². The van der Waals surface area contributed by atoms with E-state index in [-0.39, 0.29) is 12.5 Å². The Labute approximate surface area is 162 Å². The fourth-order valence-corrected chi connectivity index (χ4v) is 3.99.